The first-order valence-electron chi connectivity index (χ1n) is 8.09. The molecule has 29 heavy (non-hydrogen) atoms. The molecule has 0 saturated heterocycles. The number of primary amides is 1. The third kappa shape index (κ3) is 4.42. The van der Waals surface area contributed by atoms with Gasteiger partial charge in [-0.25, -0.2) is 9.37 Å². The van der Waals surface area contributed by atoms with Gasteiger partial charge in [-0.15, -0.1) is 13.2 Å². The second-order valence-electron chi connectivity index (χ2n) is 6.03. The first kappa shape index (κ1) is 20.1. The number of amides is 1. The second kappa shape index (κ2) is 7.38. The third-order valence-electron chi connectivity index (χ3n) is 3.92. The molecule has 0 fully saturated rings. The van der Waals surface area contributed by atoms with Crippen molar-refractivity contribution in [2.24, 2.45) is 12.8 Å². The van der Waals surface area contributed by atoms with Crippen LogP contribution in [0.3, 0.4) is 0 Å². The summed E-state index contributed by atoms with van der Waals surface area (Å²) in [5, 5.41) is 0. The van der Waals surface area contributed by atoms with Gasteiger partial charge in [0.25, 0.3) is 11.5 Å². The van der Waals surface area contributed by atoms with Crippen molar-refractivity contribution < 1.29 is 27.1 Å². The summed E-state index contributed by atoms with van der Waals surface area (Å²) in [5.41, 5.74) is 3.98. The van der Waals surface area contributed by atoms with E-state index in [4.69, 9.17) is 5.73 Å². The van der Waals surface area contributed by atoms with Crippen molar-refractivity contribution in [2.75, 3.05) is 0 Å². The highest BCUT2D eigenvalue weighted by Crippen LogP contribution is 2.35. The Bertz CT molecular complexity index is 1160. The monoisotopic (exact) mass is 407 g/mol. The van der Waals surface area contributed by atoms with Crippen molar-refractivity contribution in [1.82, 2.24) is 9.55 Å². The Balaban J connectivity index is 2.20. The lowest BCUT2D eigenvalue weighted by atomic mass is 10.0. The standard InChI is InChI=1S/C19H13F4N3O3/c1-26-9-14(17(24)27)25-16(18(26)28)11-6-10(7-12(20)8-11)13-4-2-3-5-15(13)29-19(21,22)23/h2-9H,1H3,(H2,24,27). The van der Waals surface area contributed by atoms with Crippen LogP contribution in [0.15, 0.2) is 53.5 Å². The first-order chi connectivity index (χ1) is 13.5. The summed E-state index contributed by atoms with van der Waals surface area (Å²) < 4.78 is 57.4. The van der Waals surface area contributed by atoms with Gasteiger partial charge in [0.2, 0.25) is 0 Å². The van der Waals surface area contributed by atoms with Crippen LogP contribution in [-0.4, -0.2) is 21.8 Å². The molecule has 2 aromatic carbocycles. The molecule has 0 radical (unpaired) electrons. The van der Waals surface area contributed by atoms with E-state index in [2.05, 4.69) is 9.72 Å². The zero-order valence-electron chi connectivity index (χ0n) is 14.8. The van der Waals surface area contributed by atoms with Crippen molar-refractivity contribution in [3.8, 4) is 28.1 Å². The Morgan fingerprint density at radius 3 is 2.45 bits per heavy atom. The Labute approximate surface area is 161 Å². The fraction of sp³-hybridized carbons (Fsp3) is 0.105. The average Bonchev–Trinajstić information content (AvgIpc) is 2.62. The minimum absolute atomic E-state index is 0.0215. The van der Waals surface area contributed by atoms with E-state index < -0.39 is 29.4 Å². The lowest BCUT2D eigenvalue weighted by Crippen LogP contribution is -2.25. The summed E-state index contributed by atoms with van der Waals surface area (Å²) in [6.07, 6.45) is -3.82. The van der Waals surface area contributed by atoms with Gasteiger partial charge < -0.3 is 15.0 Å². The lowest BCUT2D eigenvalue weighted by molar-refractivity contribution is -0.274. The van der Waals surface area contributed by atoms with E-state index in [0.717, 1.165) is 29.0 Å². The van der Waals surface area contributed by atoms with Crippen LogP contribution >= 0.6 is 0 Å². The maximum absolute atomic E-state index is 14.3. The van der Waals surface area contributed by atoms with Gasteiger partial charge in [0.15, 0.2) is 0 Å². The molecule has 150 valence electrons. The van der Waals surface area contributed by atoms with Crippen LogP contribution in [0.1, 0.15) is 10.5 Å². The molecule has 0 bridgehead atoms. The van der Waals surface area contributed by atoms with Gasteiger partial charge in [0, 0.05) is 24.4 Å². The second-order valence-corrected chi connectivity index (χ2v) is 6.03. The number of halogens is 4. The highest BCUT2D eigenvalue weighted by atomic mass is 19.4. The summed E-state index contributed by atoms with van der Waals surface area (Å²) in [6.45, 7) is 0. The largest absolute Gasteiger partial charge is 0.573 e. The molecule has 0 atom stereocenters. The van der Waals surface area contributed by atoms with Gasteiger partial charge in [-0.1, -0.05) is 18.2 Å². The highest BCUT2D eigenvalue weighted by Gasteiger charge is 2.32. The van der Waals surface area contributed by atoms with Crippen molar-refractivity contribution in [3.63, 3.8) is 0 Å². The van der Waals surface area contributed by atoms with Crippen LogP contribution in [0.25, 0.3) is 22.4 Å². The quantitative estimate of drug-likeness (QED) is 0.673. The van der Waals surface area contributed by atoms with Crippen LogP contribution in [-0.2, 0) is 7.05 Å². The van der Waals surface area contributed by atoms with E-state index in [0.29, 0.717) is 0 Å². The molecule has 0 spiro atoms. The number of hydrogen-bond donors (Lipinski definition) is 1. The Kier molecular flexibility index (Phi) is 5.10. The number of alkyl halides is 3. The number of para-hydroxylation sites is 1. The van der Waals surface area contributed by atoms with Crippen LogP contribution in [0, 0.1) is 5.82 Å². The molecule has 2 N–H and O–H groups in total. The van der Waals surface area contributed by atoms with Gasteiger partial charge in [-0.2, -0.15) is 0 Å². The Morgan fingerprint density at radius 2 is 1.79 bits per heavy atom. The molecule has 0 unspecified atom stereocenters. The molecule has 0 aliphatic heterocycles. The molecule has 0 aliphatic rings. The van der Waals surface area contributed by atoms with E-state index in [1.807, 2.05) is 0 Å². The number of rotatable bonds is 4. The highest BCUT2D eigenvalue weighted by molar-refractivity contribution is 5.91. The van der Waals surface area contributed by atoms with Gasteiger partial charge >= 0.3 is 6.36 Å². The van der Waals surface area contributed by atoms with Crippen molar-refractivity contribution in [2.45, 2.75) is 6.36 Å². The Morgan fingerprint density at radius 1 is 1.14 bits per heavy atom. The van der Waals surface area contributed by atoms with Crippen LogP contribution in [0.2, 0.25) is 0 Å². The van der Waals surface area contributed by atoms with Crippen molar-refractivity contribution in [1.29, 1.82) is 0 Å². The van der Waals surface area contributed by atoms with Gasteiger partial charge in [-0.05, 0) is 29.8 Å². The zero-order valence-corrected chi connectivity index (χ0v) is 14.8. The van der Waals surface area contributed by atoms with Gasteiger partial charge in [0.05, 0.1) is 0 Å². The summed E-state index contributed by atoms with van der Waals surface area (Å²) in [6, 6.07) is 8.42. The van der Waals surface area contributed by atoms with E-state index in [1.165, 1.54) is 31.3 Å². The predicted octanol–water partition coefficient (Wildman–Crippen LogP) is 3.25. The molecule has 1 aromatic heterocycles. The number of aromatic nitrogens is 2. The van der Waals surface area contributed by atoms with Crippen molar-refractivity contribution in [3.05, 3.63) is 70.5 Å². The number of nitrogens with two attached hydrogens (primary N) is 1. The number of carbonyl (C=O) groups is 1. The first-order valence-corrected chi connectivity index (χ1v) is 8.09. The Hall–Kier alpha value is -3.69. The molecule has 3 rings (SSSR count). The van der Waals surface area contributed by atoms with Crippen LogP contribution < -0.4 is 16.0 Å². The van der Waals surface area contributed by atoms with E-state index in [-0.39, 0.29) is 28.1 Å². The smallest absolute Gasteiger partial charge is 0.405 e. The van der Waals surface area contributed by atoms with Gasteiger partial charge in [-0.3, -0.25) is 9.59 Å². The predicted molar refractivity (Wildman–Crippen MR) is 95.5 cm³/mol. The van der Waals surface area contributed by atoms with E-state index in [9.17, 15) is 27.2 Å². The molecular weight excluding hydrogens is 394 g/mol. The number of ether oxygens (including phenoxy) is 1. The number of nitrogens with zero attached hydrogens (tertiary/aromatic N) is 2. The van der Waals surface area contributed by atoms with Crippen molar-refractivity contribution >= 4 is 5.91 Å². The lowest BCUT2D eigenvalue weighted by Gasteiger charge is -2.14. The maximum Gasteiger partial charge on any atom is 0.573 e. The fourth-order valence-electron chi connectivity index (χ4n) is 2.71. The summed E-state index contributed by atoms with van der Waals surface area (Å²) in [4.78, 5) is 27.7. The SMILES string of the molecule is Cn1cc(C(N)=O)nc(-c2cc(F)cc(-c3ccccc3OC(F)(F)F)c2)c1=O. The minimum Gasteiger partial charge on any atom is -0.405 e. The number of benzene rings is 2. The topological polar surface area (TPSA) is 87.2 Å². The molecular formula is C19H13F4N3O3. The normalized spacial score (nSPS) is 11.3. The van der Waals surface area contributed by atoms with Crippen LogP contribution in [0.4, 0.5) is 17.6 Å². The summed E-state index contributed by atoms with van der Waals surface area (Å²) in [5.74, 6) is -2.27. The molecule has 10 heteroatoms. The van der Waals surface area contributed by atoms with Gasteiger partial charge in [0.1, 0.15) is 23.0 Å². The van der Waals surface area contributed by atoms with E-state index >= 15 is 0 Å². The molecule has 6 nitrogen and oxygen atoms in total. The maximum atomic E-state index is 14.3. The number of hydrogen-bond acceptors (Lipinski definition) is 4. The fourth-order valence-corrected chi connectivity index (χ4v) is 2.71. The molecule has 3 aromatic rings. The molecule has 1 amide bonds. The average molecular weight is 407 g/mol. The molecule has 1 heterocycles. The number of aryl methyl sites for hydroxylation is 1. The molecule has 0 saturated carbocycles. The number of carbonyl (C=O) groups excluding carboxylic acids is 1. The van der Waals surface area contributed by atoms with Crippen LogP contribution in [0.5, 0.6) is 5.75 Å². The third-order valence-corrected chi connectivity index (χ3v) is 3.92. The zero-order chi connectivity index (χ0) is 21.3. The molecule has 0 aliphatic carbocycles. The summed E-state index contributed by atoms with van der Waals surface area (Å²) in [7, 11) is 1.35. The minimum atomic E-state index is -4.94. The van der Waals surface area contributed by atoms with E-state index in [1.54, 1.807) is 0 Å². The summed E-state index contributed by atoms with van der Waals surface area (Å²) >= 11 is 0.